The maximum atomic E-state index is 4.78. The Labute approximate surface area is 133 Å². The summed E-state index contributed by atoms with van der Waals surface area (Å²) in [5.74, 6) is 2.54. The zero-order valence-corrected chi connectivity index (χ0v) is 13.9. The summed E-state index contributed by atoms with van der Waals surface area (Å²) >= 11 is 0. The summed E-state index contributed by atoms with van der Waals surface area (Å²) in [4.78, 5) is 6.77. The molecule has 3 heteroatoms. The van der Waals surface area contributed by atoms with E-state index < -0.39 is 0 Å². The van der Waals surface area contributed by atoms with Crippen LogP contribution in [0.4, 0.5) is 5.69 Å². The van der Waals surface area contributed by atoms with Crippen LogP contribution in [-0.4, -0.2) is 17.7 Å². The van der Waals surface area contributed by atoms with Gasteiger partial charge in [-0.25, -0.2) is 4.99 Å². The Balaban J connectivity index is 2.27. The zero-order valence-electron chi connectivity index (χ0n) is 13.9. The summed E-state index contributed by atoms with van der Waals surface area (Å²) in [6.07, 6.45) is 1.92. The molecule has 1 aromatic rings. The van der Waals surface area contributed by atoms with Crippen molar-refractivity contribution in [1.29, 1.82) is 0 Å². The van der Waals surface area contributed by atoms with E-state index in [2.05, 4.69) is 39.2 Å². The van der Waals surface area contributed by atoms with Gasteiger partial charge in [0.1, 0.15) is 11.6 Å². The van der Waals surface area contributed by atoms with Crippen molar-refractivity contribution in [1.82, 2.24) is 4.90 Å². The molecule has 2 unspecified atom stereocenters. The molecule has 116 valence electrons. The second kappa shape index (κ2) is 6.65. The molecule has 0 fully saturated rings. The Hall–Kier alpha value is -2.29. The lowest BCUT2D eigenvalue weighted by molar-refractivity contribution is 0.466. The highest BCUT2D eigenvalue weighted by Gasteiger charge is 2.27. The lowest BCUT2D eigenvalue weighted by atomic mass is 9.83. The smallest absolute Gasteiger partial charge is 0.137 e. The Bertz CT molecular complexity index is 625. The third-order valence-corrected chi connectivity index (χ3v) is 4.44. The highest BCUT2D eigenvalue weighted by molar-refractivity contribution is 5.87. The first kappa shape index (κ1) is 16.1. The fourth-order valence-electron chi connectivity index (χ4n) is 2.61. The third kappa shape index (κ3) is 3.14. The highest BCUT2D eigenvalue weighted by Crippen LogP contribution is 2.32. The molecule has 0 aliphatic carbocycles. The number of rotatable bonds is 5. The molecule has 0 bridgehead atoms. The van der Waals surface area contributed by atoms with Crippen LogP contribution in [0.2, 0.25) is 0 Å². The number of aliphatic imine (C=N–C) groups is 1. The van der Waals surface area contributed by atoms with Crippen molar-refractivity contribution in [3.8, 4) is 0 Å². The number of nitrogens with zero attached hydrogens (tertiary/aromatic N) is 2. The van der Waals surface area contributed by atoms with Crippen molar-refractivity contribution in [2.75, 3.05) is 12.4 Å². The molecule has 2 rings (SSSR count). The van der Waals surface area contributed by atoms with Gasteiger partial charge in [-0.2, -0.15) is 0 Å². The van der Waals surface area contributed by atoms with Gasteiger partial charge in [0.25, 0.3) is 0 Å². The van der Waals surface area contributed by atoms with Gasteiger partial charge in [0.05, 0.1) is 0 Å². The van der Waals surface area contributed by atoms with Crippen LogP contribution < -0.4 is 5.32 Å². The molecule has 1 aromatic carbocycles. The molecule has 1 aliphatic rings. The molecule has 0 amide bonds. The highest BCUT2D eigenvalue weighted by atomic mass is 15.3. The van der Waals surface area contributed by atoms with Gasteiger partial charge in [-0.1, -0.05) is 51.3 Å². The van der Waals surface area contributed by atoms with E-state index in [1.807, 2.05) is 48.4 Å². The summed E-state index contributed by atoms with van der Waals surface area (Å²) in [7, 11) is 1.98. The Morgan fingerprint density at radius 2 is 1.86 bits per heavy atom. The van der Waals surface area contributed by atoms with Crippen LogP contribution in [0.15, 0.2) is 71.8 Å². The number of nitrogens with one attached hydrogen (secondary N) is 1. The predicted octanol–water partition coefficient (Wildman–Crippen LogP) is 4.65. The number of benzene rings is 1. The SMILES string of the molecule is C=CC1=C(N(C)C(=C)Nc2ccccc2)N=C(C)C(C)C1C. The van der Waals surface area contributed by atoms with Gasteiger partial charge in [0.2, 0.25) is 0 Å². The topological polar surface area (TPSA) is 27.6 Å². The van der Waals surface area contributed by atoms with Gasteiger partial charge >= 0.3 is 0 Å². The van der Waals surface area contributed by atoms with Gasteiger partial charge in [0, 0.05) is 24.4 Å². The van der Waals surface area contributed by atoms with Crippen LogP contribution in [0.25, 0.3) is 0 Å². The van der Waals surface area contributed by atoms with Gasteiger partial charge in [-0.3, -0.25) is 0 Å². The van der Waals surface area contributed by atoms with Crippen molar-refractivity contribution in [2.24, 2.45) is 16.8 Å². The predicted molar refractivity (Wildman–Crippen MR) is 95.6 cm³/mol. The minimum absolute atomic E-state index is 0.400. The van der Waals surface area contributed by atoms with E-state index in [4.69, 9.17) is 4.99 Å². The number of hydrogen-bond acceptors (Lipinski definition) is 3. The van der Waals surface area contributed by atoms with Crippen LogP contribution >= 0.6 is 0 Å². The second-order valence-corrected chi connectivity index (χ2v) is 5.81. The fraction of sp³-hybridized carbons (Fsp3) is 0.316. The molecule has 1 aliphatic heterocycles. The maximum absolute atomic E-state index is 4.78. The molecule has 0 radical (unpaired) electrons. The Morgan fingerprint density at radius 1 is 1.23 bits per heavy atom. The van der Waals surface area contributed by atoms with E-state index in [-0.39, 0.29) is 0 Å². The van der Waals surface area contributed by atoms with Gasteiger partial charge < -0.3 is 10.2 Å². The Kier molecular flexibility index (Phi) is 4.86. The first-order valence-electron chi connectivity index (χ1n) is 7.62. The van der Waals surface area contributed by atoms with E-state index in [0.717, 1.165) is 28.6 Å². The molecular formula is C19H25N3. The monoisotopic (exact) mass is 295 g/mol. The number of anilines is 1. The van der Waals surface area contributed by atoms with E-state index in [1.54, 1.807) is 0 Å². The molecule has 3 nitrogen and oxygen atoms in total. The molecule has 0 aromatic heterocycles. The van der Waals surface area contributed by atoms with E-state index >= 15 is 0 Å². The molecule has 1 N–H and O–H groups in total. The second-order valence-electron chi connectivity index (χ2n) is 5.81. The van der Waals surface area contributed by atoms with E-state index in [1.165, 1.54) is 0 Å². The first-order valence-corrected chi connectivity index (χ1v) is 7.62. The molecule has 0 saturated heterocycles. The average Bonchev–Trinajstić information content (AvgIpc) is 2.52. The van der Waals surface area contributed by atoms with Gasteiger partial charge in [-0.15, -0.1) is 0 Å². The lowest BCUT2D eigenvalue weighted by Gasteiger charge is -2.33. The van der Waals surface area contributed by atoms with E-state index in [0.29, 0.717) is 11.8 Å². The maximum Gasteiger partial charge on any atom is 0.137 e. The van der Waals surface area contributed by atoms with Crippen molar-refractivity contribution < 1.29 is 0 Å². The normalized spacial score (nSPS) is 21.2. The van der Waals surface area contributed by atoms with Crippen LogP contribution in [0.3, 0.4) is 0 Å². The molecule has 0 saturated carbocycles. The van der Waals surface area contributed by atoms with Crippen molar-refractivity contribution in [3.05, 3.63) is 66.8 Å². The first-order chi connectivity index (χ1) is 10.5. The van der Waals surface area contributed by atoms with Gasteiger partial charge in [0.15, 0.2) is 0 Å². The Morgan fingerprint density at radius 3 is 2.45 bits per heavy atom. The summed E-state index contributed by atoms with van der Waals surface area (Å²) < 4.78 is 0. The van der Waals surface area contributed by atoms with Crippen LogP contribution in [0.1, 0.15) is 20.8 Å². The minimum Gasteiger partial charge on any atom is -0.342 e. The number of allylic oxidation sites excluding steroid dienone is 2. The van der Waals surface area contributed by atoms with Crippen molar-refractivity contribution >= 4 is 11.4 Å². The summed E-state index contributed by atoms with van der Waals surface area (Å²) in [6.45, 7) is 14.6. The minimum atomic E-state index is 0.400. The number of para-hydroxylation sites is 1. The third-order valence-electron chi connectivity index (χ3n) is 4.44. The van der Waals surface area contributed by atoms with Gasteiger partial charge in [-0.05, 0) is 30.5 Å². The summed E-state index contributed by atoms with van der Waals surface area (Å²) in [5.41, 5.74) is 3.32. The standard InChI is InChI=1S/C19H25N3/c1-7-18-14(3)13(2)15(4)20-19(18)22(6)16(5)21-17-11-9-8-10-12-17/h7-14,21H,1,5H2,2-4,6H3. The van der Waals surface area contributed by atoms with Crippen molar-refractivity contribution in [3.63, 3.8) is 0 Å². The summed E-state index contributed by atoms with van der Waals surface area (Å²) in [5, 5.41) is 3.32. The van der Waals surface area contributed by atoms with Crippen LogP contribution in [0, 0.1) is 11.8 Å². The molecule has 0 spiro atoms. The average molecular weight is 295 g/mol. The van der Waals surface area contributed by atoms with Crippen molar-refractivity contribution in [2.45, 2.75) is 20.8 Å². The van der Waals surface area contributed by atoms with Crippen LogP contribution in [0.5, 0.6) is 0 Å². The van der Waals surface area contributed by atoms with E-state index in [9.17, 15) is 0 Å². The van der Waals surface area contributed by atoms with Crippen LogP contribution in [-0.2, 0) is 0 Å². The largest absolute Gasteiger partial charge is 0.342 e. The molecule has 1 heterocycles. The quantitative estimate of drug-likeness (QED) is 0.856. The zero-order chi connectivity index (χ0) is 16.3. The molecule has 2 atom stereocenters. The fourth-order valence-corrected chi connectivity index (χ4v) is 2.61. The molecule has 22 heavy (non-hydrogen) atoms. The summed E-state index contributed by atoms with van der Waals surface area (Å²) in [6, 6.07) is 10.0. The molecular weight excluding hydrogens is 270 g/mol. The number of hydrogen-bond donors (Lipinski definition) is 1. The lowest BCUT2D eigenvalue weighted by Crippen LogP contribution is -2.30.